The maximum atomic E-state index is 13.4. The van der Waals surface area contributed by atoms with Crippen molar-refractivity contribution in [1.82, 2.24) is 5.32 Å². The molecule has 0 atom stereocenters. The van der Waals surface area contributed by atoms with Crippen molar-refractivity contribution < 1.29 is 13.9 Å². The molecule has 0 aliphatic carbocycles. The number of carbonyl (C=O) groups excluding carboxylic acids is 1. The van der Waals surface area contributed by atoms with Gasteiger partial charge in [0, 0.05) is 11.0 Å². The Kier molecular flexibility index (Phi) is 6.01. The number of rotatable bonds is 6. The molecule has 1 N–H and O–H groups in total. The molecule has 1 aromatic carbocycles. The first kappa shape index (κ1) is 14.9. The molecule has 0 aliphatic heterocycles. The van der Waals surface area contributed by atoms with E-state index in [0.717, 1.165) is 5.57 Å². The van der Waals surface area contributed by atoms with Gasteiger partial charge in [-0.15, -0.1) is 0 Å². The van der Waals surface area contributed by atoms with E-state index < -0.39 is 11.7 Å². The second kappa shape index (κ2) is 7.28. The fraction of sp³-hybridized carbons (Fsp3) is 0.308. The molecule has 0 saturated carbocycles. The van der Waals surface area contributed by atoms with Gasteiger partial charge in [0.15, 0.2) is 0 Å². The Bertz CT molecular complexity index is 449. The summed E-state index contributed by atoms with van der Waals surface area (Å²) >= 11 is 3.13. The van der Waals surface area contributed by atoms with E-state index in [1.165, 1.54) is 12.1 Å². The van der Waals surface area contributed by atoms with E-state index in [0.29, 0.717) is 24.2 Å². The number of hydrogen-bond donors (Lipinski definition) is 1. The van der Waals surface area contributed by atoms with E-state index in [-0.39, 0.29) is 5.56 Å². The Balaban J connectivity index is 2.39. The van der Waals surface area contributed by atoms with Crippen LogP contribution in [-0.4, -0.2) is 25.7 Å². The van der Waals surface area contributed by atoms with Crippen LogP contribution in [0.1, 0.15) is 17.3 Å². The van der Waals surface area contributed by atoms with E-state index in [4.69, 9.17) is 4.74 Å². The first-order chi connectivity index (χ1) is 8.50. The molecule has 0 saturated heterocycles. The first-order valence-corrected chi connectivity index (χ1v) is 6.25. The molecule has 1 amide bonds. The van der Waals surface area contributed by atoms with Crippen molar-refractivity contribution in [2.24, 2.45) is 0 Å². The van der Waals surface area contributed by atoms with E-state index in [2.05, 4.69) is 27.8 Å². The van der Waals surface area contributed by atoms with Crippen LogP contribution in [0.5, 0.6) is 0 Å². The molecule has 0 bridgehead atoms. The molecule has 0 unspecified atom stereocenters. The molecule has 0 heterocycles. The second-order valence-corrected chi connectivity index (χ2v) is 4.81. The highest BCUT2D eigenvalue weighted by Crippen LogP contribution is 2.14. The largest absolute Gasteiger partial charge is 0.375 e. The SMILES string of the molecule is C=C(C)COCCNC(=O)c1ccc(Br)cc1F. The topological polar surface area (TPSA) is 38.3 Å². The van der Waals surface area contributed by atoms with Gasteiger partial charge in [0.25, 0.3) is 5.91 Å². The summed E-state index contributed by atoms with van der Waals surface area (Å²) in [5.74, 6) is -0.997. The van der Waals surface area contributed by atoms with Crippen LogP contribution >= 0.6 is 15.9 Å². The molecule has 98 valence electrons. The Hall–Kier alpha value is -1.20. The molecular formula is C13H15BrFNO2. The second-order valence-electron chi connectivity index (χ2n) is 3.89. The van der Waals surface area contributed by atoms with Gasteiger partial charge in [-0.05, 0) is 25.1 Å². The van der Waals surface area contributed by atoms with Crippen LogP contribution in [-0.2, 0) is 4.74 Å². The van der Waals surface area contributed by atoms with Gasteiger partial charge in [-0.1, -0.05) is 28.1 Å². The van der Waals surface area contributed by atoms with Gasteiger partial charge in [0.05, 0.1) is 18.8 Å². The highest BCUT2D eigenvalue weighted by molar-refractivity contribution is 9.10. The quantitative estimate of drug-likeness (QED) is 0.647. The number of nitrogens with one attached hydrogen (secondary N) is 1. The van der Waals surface area contributed by atoms with Crippen LogP contribution < -0.4 is 5.32 Å². The average Bonchev–Trinajstić information content (AvgIpc) is 2.27. The van der Waals surface area contributed by atoms with Gasteiger partial charge in [0.1, 0.15) is 5.82 Å². The summed E-state index contributed by atoms with van der Waals surface area (Å²) in [6.45, 7) is 6.71. The molecule has 3 nitrogen and oxygen atoms in total. The Morgan fingerprint density at radius 1 is 1.56 bits per heavy atom. The third kappa shape index (κ3) is 4.98. The Labute approximate surface area is 114 Å². The zero-order chi connectivity index (χ0) is 13.5. The summed E-state index contributed by atoms with van der Waals surface area (Å²) in [5, 5.41) is 2.58. The zero-order valence-corrected chi connectivity index (χ0v) is 11.7. The molecule has 1 rings (SSSR count). The van der Waals surface area contributed by atoms with Crippen LogP contribution in [0.25, 0.3) is 0 Å². The molecule has 0 radical (unpaired) electrons. The smallest absolute Gasteiger partial charge is 0.254 e. The molecular weight excluding hydrogens is 301 g/mol. The Morgan fingerprint density at radius 3 is 2.89 bits per heavy atom. The van der Waals surface area contributed by atoms with Gasteiger partial charge in [-0.2, -0.15) is 0 Å². The van der Waals surface area contributed by atoms with Gasteiger partial charge in [-0.25, -0.2) is 4.39 Å². The van der Waals surface area contributed by atoms with Crippen LogP contribution in [0, 0.1) is 5.82 Å². The minimum absolute atomic E-state index is 0.0260. The summed E-state index contributed by atoms with van der Waals surface area (Å²) in [6.07, 6.45) is 0. The number of hydrogen-bond acceptors (Lipinski definition) is 2. The lowest BCUT2D eigenvalue weighted by molar-refractivity contribution is 0.0923. The minimum atomic E-state index is -0.551. The summed E-state index contributed by atoms with van der Waals surface area (Å²) < 4.78 is 19.3. The van der Waals surface area contributed by atoms with Crippen LogP contribution in [0.2, 0.25) is 0 Å². The van der Waals surface area contributed by atoms with E-state index >= 15 is 0 Å². The standard InChI is InChI=1S/C13H15BrFNO2/c1-9(2)8-18-6-5-16-13(17)11-4-3-10(14)7-12(11)15/h3-4,7H,1,5-6,8H2,2H3,(H,16,17). The van der Waals surface area contributed by atoms with Crippen molar-refractivity contribution in [2.75, 3.05) is 19.8 Å². The lowest BCUT2D eigenvalue weighted by Gasteiger charge is -2.07. The summed E-state index contributed by atoms with van der Waals surface area (Å²) in [4.78, 5) is 11.6. The fourth-order valence-electron chi connectivity index (χ4n) is 1.25. The molecule has 0 spiro atoms. The maximum Gasteiger partial charge on any atom is 0.254 e. The lowest BCUT2D eigenvalue weighted by Crippen LogP contribution is -2.28. The first-order valence-electron chi connectivity index (χ1n) is 5.46. The third-order valence-electron chi connectivity index (χ3n) is 2.06. The third-order valence-corrected chi connectivity index (χ3v) is 2.55. The highest BCUT2D eigenvalue weighted by atomic mass is 79.9. The van der Waals surface area contributed by atoms with Gasteiger partial charge in [-0.3, -0.25) is 4.79 Å². The van der Waals surface area contributed by atoms with E-state index in [1.54, 1.807) is 6.07 Å². The summed E-state index contributed by atoms with van der Waals surface area (Å²) in [7, 11) is 0. The van der Waals surface area contributed by atoms with Crippen LogP contribution in [0.15, 0.2) is 34.8 Å². The fourth-order valence-corrected chi connectivity index (χ4v) is 1.59. The summed E-state index contributed by atoms with van der Waals surface area (Å²) in [6, 6.07) is 4.31. The van der Waals surface area contributed by atoms with Gasteiger partial charge < -0.3 is 10.1 Å². The van der Waals surface area contributed by atoms with E-state index in [9.17, 15) is 9.18 Å². The predicted octanol–water partition coefficient (Wildman–Crippen LogP) is 2.91. The number of amides is 1. The molecule has 0 fully saturated rings. The van der Waals surface area contributed by atoms with Crippen molar-refractivity contribution in [1.29, 1.82) is 0 Å². The van der Waals surface area contributed by atoms with Crippen LogP contribution in [0.4, 0.5) is 4.39 Å². The maximum absolute atomic E-state index is 13.4. The monoisotopic (exact) mass is 315 g/mol. The average molecular weight is 316 g/mol. The molecule has 18 heavy (non-hydrogen) atoms. The molecule has 1 aromatic rings. The van der Waals surface area contributed by atoms with Crippen molar-refractivity contribution in [3.05, 3.63) is 46.2 Å². The molecule has 0 aliphatic rings. The number of benzene rings is 1. The predicted molar refractivity (Wildman–Crippen MR) is 72.1 cm³/mol. The summed E-state index contributed by atoms with van der Waals surface area (Å²) in [5.41, 5.74) is 0.943. The van der Waals surface area contributed by atoms with Crippen molar-refractivity contribution in [3.63, 3.8) is 0 Å². The van der Waals surface area contributed by atoms with Gasteiger partial charge >= 0.3 is 0 Å². The Morgan fingerprint density at radius 2 is 2.28 bits per heavy atom. The molecule has 5 heteroatoms. The van der Waals surface area contributed by atoms with Crippen molar-refractivity contribution in [3.8, 4) is 0 Å². The number of ether oxygens (including phenoxy) is 1. The van der Waals surface area contributed by atoms with E-state index in [1.807, 2.05) is 6.92 Å². The number of carbonyl (C=O) groups is 1. The lowest BCUT2D eigenvalue weighted by atomic mass is 10.2. The highest BCUT2D eigenvalue weighted by Gasteiger charge is 2.10. The minimum Gasteiger partial charge on any atom is -0.375 e. The molecule has 0 aromatic heterocycles. The zero-order valence-electron chi connectivity index (χ0n) is 10.1. The number of halogens is 2. The van der Waals surface area contributed by atoms with Crippen molar-refractivity contribution in [2.45, 2.75) is 6.92 Å². The van der Waals surface area contributed by atoms with Crippen LogP contribution in [0.3, 0.4) is 0 Å². The van der Waals surface area contributed by atoms with Gasteiger partial charge in [0.2, 0.25) is 0 Å². The van der Waals surface area contributed by atoms with Crippen molar-refractivity contribution >= 4 is 21.8 Å². The normalized spacial score (nSPS) is 10.2.